The maximum Gasteiger partial charge on any atom is 0.159 e. The van der Waals surface area contributed by atoms with E-state index >= 15 is 0 Å². The summed E-state index contributed by atoms with van der Waals surface area (Å²) < 4.78 is 5.63. The molecule has 0 aromatic carbocycles. The van der Waals surface area contributed by atoms with Crippen LogP contribution in [0, 0.1) is 0 Å². The molecule has 0 aliphatic rings. The van der Waals surface area contributed by atoms with E-state index in [0.29, 0.717) is 0 Å². The van der Waals surface area contributed by atoms with E-state index < -0.39 is 0 Å². The van der Waals surface area contributed by atoms with Gasteiger partial charge in [-0.3, -0.25) is 0 Å². The van der Waals surface area contributed by atoms with Crippen LogP contribution in [0.4, 0.5) is 0 Å². The molecule has 126 valence electrons. The first kappa shape index (κ1) is 20.9. The van der Waals surface area contributed by atoms with Gasteiger partial charge in [0.15, 0.2) is 5.05 Å². The van der Waals surface area contributed by atoms with Crippen LogP contribution in [0.3, 0.4) is 0 Å². The van der Waals surface area contributed by atoms with E-state index in [4.69, 9.17) is 17.0 Å². The predicted molar refractivity (Wildman–Crippen MR) is 99.2 cm³/mol. The fourth-order valence-corrected chi connectivity index (χ4v) is 2.77. The van der Waals surface area contributed by atoms with Crippen LogP contribution in [0.25, 0.3) is 0 Å². The van der Waals surface area contributed by atoms with Gasteiger partial charge in [-0.1, -0.05) is 90.9 Å². The Labute approximate surface area is 139 Å². The Morgan fingerprint density at radius 1 is 0.619 bits per heavy atom. The van der Waals surface area contributed by atoms with Gasteiger partial charge in [0.25, 0.3) is 0 Å². The molecule has 21 heavy (non-hydrogen) atoms. The van der Waals surface area contributed by atoms with Gasteiger partial charge in [-0.2, -0.15) is 0 Å². The van der Waals surface area contributed by atoms with Crippen LogP contribution in [-0.2, 0) is 4.74 Å². The van der Waals surface area contributed by atoms with Crippen LogP contribution < -0.4 is 0 Å². The van der Waals surface area contributed by atoms with Crippen molar-refractivity contribution in [3.63, 3.8) is 0 Å². The molecule has 0 spiro atoms. The number of hydrogen-bond donors (Lipinski definition) is 0. The van der Waals surface area contributed by atoms with Crippen LogP contribution in [0.2, 0.25) is 0 Å². The lowest BCUT2D eigenvalue weighted by molar-refractivity contribution is 0.291. The lowest BCUT2D eigenvalue weighted by Crippen LogP contribution is -2.03. The fraction of sp³-hybridized carbons (Fsp3) is 0.947. The smallest absolute Gasteiger partial charge is 0.159 e. The summed E-state index contributed by atoms with van der Waals surface area (Å²) >= 11 is 5.28. The molecule has 0 rings (SSSR count). The van der Waals surface area contributed by atoms with Crippen LogP contribution >= 0.6 is 12.2 Å². The number of rotatable bonds is 16. The molecule has 0 unspecified atom stereocenters. The van der Waals surface area contributed by atoms with Crippen molar-refractivity contribution in [1.29, 1.82) is 0 Å². The SMILES string of the molecule is CCCCCCCCCCCC(=S)OCCCCCCC. The predicted octanol–water partition coefficient (Wildman–Crippen LogP) is 7.22. The van der Waals surface area contributed by atoms with Gasteiger partial charge in [0.05, 0.1) is 6.61 Å². The van der Waals surface area contributed by atoms with Gasteiger partial charge < -0.3 is 4.74 Å². The zero-order chi connectivity index (χ0) is 15.6. The number of thiocarbonyl (C=S) groups is 1. The molecular formula is C19H38OS. The minimum Gasteiger partial charge on any atom is -0.487 e. The Hall–Kier alpha value is -0.110. The molecule has 0 bridgehead atoms. The van der Waals surface area contributed by atoms with Crippen LogP contribution in [0.15, 0.2) is 0 Å². The second-order valence-corrected chi connectivity index (χ2v) is 6.67. The first-order valence-electron chi connectivity index (χ1n) is 9.46. The molecule has 0 N–H and O–H groups in total. The standard InChI is InChI=1S/C19H38OS/c1-3-5-7-9-10-11-12-13-15-17-19(21)20-18-16-14-8-6-4-2/h3-18H2,1-2H3. The topological polar surface area (TPSA) is 9.23 Å². The zero-order valence-electron chi connectivity index (χ0n) is 14.6. The van der Waals surface area contributed by atoms with Crippen molar-refractivity contribution < 1.29 is 4.74 Å². The van der Waals surface area contributed by atoms with E-state index in [9.17, 15) is 0 Å². The van der Waals surface area contributed by atoms with E-state index in [1.807, 2.05) is 0 Å². The Morgan fingerprint density at radius 2 is 1.05 bits per heavy atom. The summed E-state index contributed by atoms with van der Waals surface area (Å²) in [6, 6.07) is 0. The average molecular weight is 315 g/mol. The lowest BCUT2D eigenvalue weighted by Gasteiger charge is -2.07. The second kappa shape index (κ2) is 17.9. The van der Waals surface area contributed by atoms with Crippen molar-refractivity contribution in [2.24, 2.45) is 0 Å². The molecule has 1 nitrogen and oxygen atoms in total. The van der Waals surface area contributed by atoms with Crippen molar-refractivity contribution in [1.82, 2.24) is 0 Å². The zero-order valence-corrected chi connectivity index (χ0v) is 15.4. The van der Waals surface area contributed by atoms with Crippen molar-refractivity contribution in [3.8, 4) is 0 Å². The molecular weight excluding hydrogens is 276 g/mol. The molecule has 0 aliphatic carbocycles. The van der Waals surface area contributed by atoms with E-state index in [-0.39, 0.29) is 0 Å². The molecule has 0 radical (unpaired) electrons. The van der Waals surface area contributed by atoms with Gasteiger partial charge in [-0.15, -0.1) is 0 Å². The first-order chi connectivity index (χ1) is 10.3. The van der Waals surface area contributed by atoms with E-state index in [0.717, 1.165) is 24.5 Å². The van der Waals surface area contributed by atoms with E-state index in [1.54, 1.807) is 0 Å². The summed E-state index contributed by atoms with van der Waals surface area (Å²) in [5, 5.41) is 0.841. The van der Waals surface area contributed by atoms with Gasteiger partial charge in [0.1, 0.15) is 0 Å². The number of hydrogen-bond acceptors (Lipinski definition) is 2. The maximum atomic E-state index is 5.63. The molecule has 0 saturated carbocycles. The van der Waals surface area contributed by atoms with Crippen molar-refractivity contribution in [2.75, 3.05) is 6.61 Å². The Kier molecular flexibility index (Phi) is 17.8. The van der Waals surface area contributed by atoms with Gasteiger partial charge in [0.2, 0.25) is 0 Å². The molecule has 0 aromatic rings. The molecule has 0 saturated heterocycles. The van der Waals surface area contributed by atoms with Crippen LogP contribution in [-0.4, -0.2) is 11.7 Å². The molecule has 2 heteroatoms. The minimum absolute atomic E-state index is 0.833. The Balaban J connectivity index is 3.12. The molecule has 0 amide bonds. The minimum atomic E-state index is 0.833. The van der Waals surface area contributed by atoms with Gasteiger partial charge in [-0.05, 0) is 25.1 Å². The highest BCUT2D eigenvalue weighted by Crippen LogP contribution is 2.11. The normalized spacial score (nSPS) is 10.8. The van der Waals surface area contributed by atoms with Crippen LogP contribution in [0.5, 0.6) is 0 Å². The van der Waals surface area contributed by atoms with E-state index in [1.165, 1.54) is 83.5 Å². The summed E-state index contributed by atoms with van der Waals surface area (Å²) in [6.45, 7) is 5.35. The van der Waals surface area contributed by atoms with Crippen molar-refractivity contribution >= 4 is 17.3 Å². The number of ether oxygens (including phenoxy) is 1. The third kappa shape index (κ3) is 17.8. The molecule has 0 aliphatic heterocycles. The second-order valence-electron chi connectivity index (χ2n) is 6.21. The molecule has 0 heterocycles. The highest BCUT2D eigenvalue weighted by Gasteiger charge is 1.99. The monoisotopic (exact) mass is 314 g/mol. The largest absolute Gasteiger partial charge is 0.487 e. The lowest BCUT2D eigenvalue weighted by atomic mass is 10.1. The fourth-order valence-electron chi connectivity index (χ4n) is 2.54. The number of unbranched alkanes of at least 4 members (excludes halogenated alkanes) is 12. The Bertz CT molecular complexity index is 216. The summed E-state index contributed by atoms with van der Waals surface area (Å²) in [4.78, 5) is 0. The molecule has 0 aromatic heterocycles. The van der Waals surface area contributed by atoms with Gasteiger partial charge in [0, 0.05) is 6.42 Å². The average Bonchev–Trinajstić information content (AvgIpc) is 2.49. The summed E-state index contributed by atoms with van der Waals surface area (Å²) in [6.07, 6.45) is 19.7. The first-order valence-corrected chi connectivity index (χ1v) is 9.87. The highest BCUT2D eigenvalue weighted by molar-refractivity contribution is 7.80. The molecule has 0 atom stereocenters. The summed E-state index contributed by atoms with van der Waals surface area (Å²) in [7, 11) is 0. The quantitative estimate of drug-likeness (QED) is 0.220. The third-order valence-electron chi connectivity index (χ3n) is 4.00. The van der Waals surface area contributed by atoms with Crippen molar-refractivity contribution in [2.45, 2.75) is 110 Å². The summed E-state index contributed by atoms with van der Waals surface area (Å²) in [5.74, 6) is 0. The highest BCUT2D eigenvalue weighted by atomic mass is 32.1. The van der Waals surface area contributed by atoms with Crippen molar-refractivity contribution in [3.05, 3.63) is 0 Å². The van der Waals surface area contributed by atoms with Gasteiger partial charge in [-0.25, -0.2) is 0 Å². The Morgan fingerprint density at radius 3 is 1.57 bits per heavy atom. The van der Waals surface area contributed by atoms with E-state index in [2.05, 4.69) is 13.8 Å². The third-order valence-corrected chi connectivity index (χ3v) is 4.32. The van der Waals surface area contributed by atoms with Gasteiger partial charge >= 0.3 is 0 Å². The maximum absolute atomic E-state index is 5.63. The summed E-state index contributed by atoms with van der Waals surface area (Å²) in [5.41, 5.74) is 0. The molecule has 0 fully saturated rings. The van der Waals surface area contributed by atoms with Crippen LogP contribution in [0.1, 0.15) is 110 Å².